The maximum atomic E-state index is 12.6. The van der Waals surface area contributed by atoms with Crippen LogP contribution in [0.3, 0.4) is 0 Å². The molecule has 128 valence electrons. The maximum absolute atomic E-state index is 12.6. The van der Waals surface area contributed by atoms with Crippen molar-refractivity contribution in [2.24, 2.45) is 17.6 Å². The lowest BCUT2D eigenvalue weighted by atomic mass is 9.95. The van der Waals surface area contributed by atoms with Crippen LogP contribution in [0.15, 0.2) is 16.5 Å². The highest BCUT2D eigenvalue weighted by atomic mass is 16.3. The minimum Gasteiger partial charge on any atom is -0.465 e. The number of rotatable bonds is 6. The average Bonchev–Trinajstić information content (AvgIpc) is 3.28. The molecule has 1 aromatic heterocycles. The van der Waals surface area contributed by atoms with Crippen LogP contribution in [0, 0.1) is 18.8 Å². The van der Waals surface area contributed by atoms with Gasteiger partial charge in [-0.2, -0.15) is 0 Å². The van der Waals surface area contributed by atoms with Crippen molar-refractivity contribution in [2.75, 3.05) is 26.2 Å². The van der Waals surface area contributed by atoms with Crippen LogP contribution in [-0.4, -0.2) is 37.0 Å². The molecule has 23 heavy (non-hydrogen) atoms. The Morgan fingerprint density at radius 2 is 2.13 bits per heavy atom. The predicted octanol–water partition coefficient (Wildman–Crippen LogP) is 2.22. The number of hydrogen-bond donors (Lipinski definition) is 2. The van der Waals surface area contributed by atoms with E-state index in [4.69, 9.17) is 10.2 Å². The molecule has 0 radical (unpaired) electrons. The third-order valence-electron chi connectivity index (χ3n) is 5.44. The second-order valence-corrected chi connectivity index (χ2v) is 6.99. The second kappa shape index (κ2) is 7.49. The average molecular weight is 319 g/mol. The molecule has 1 amide bonds. The van der Waals surface area contributed by atoms with Gasteiger partial charge in [0.1, 0.15) is 11.5 Å². The van der Waals surface area contributed by atoms with E-state index in [1.807, 2.05) is 19.1 Å². The number of nitrogens with zero attached hydrogens (tertiary/aromatic N) is 1. The molecule has 1 aliphatic heterocycles. The van der Waals surface area contributed by atoms with E-state index in [0.717, 1.165) is 43.9 Å². The molecule has 5 nitrogen and oxygen atoms in total. The normalized spacial score (nSPS) is 26.5. The smallest absolute Gasteiger partial charge is 0.223 e. The van der Waals surface area contributed by atoms with Crippen molar-refractivity contribution < 1.29 is 9.21 Å². The Kier molecular flexibility index (Phi) is 5.38. The number of hydrogen-bond acceptors (Lipinski definition) is 4. The van der Waals surface area contributed by atoms with Gasteiger partial charge in [-0.25, -0.2) is 0 Å². The molecule has 0 aromatic carbocycles. The van der Waals surface area contributed by atoms with Crippen LogP contribution in [-0.2, 0) is 4.79 Å². The molecule has 2 fully saturated rings. The van der Waals surface area contributed by atoms with Crippen LogP contribution in [0.25, 0.3) is 0 Å². The number of carbonyl (C=O) groups is 1. The highest BCUT2D eigenvalue weighted by molar-refractivity contribution is 5.79. The summed E-state index contributed by atoms with van der Waals surface area (Å²) in [6, 6.07) is 4.19. The van der Waals surface area contributed by atoms with E-state index in [1.165, 1.54) is 12.8 Å². The Morgan fingerprint density at radius 1 is 1.35 bits per heavy atom. The molecule has 1 aliphatic carbocycles. The van der Waals surface area contributed by atoms with E-state index in [1.54, 1.807) is 0 Å². The summed E-state index contributed by atoms with van der Waals surface area (Å²) in [7, 11) is 0. The predicted molar refractivity (Wildman–Crippen MR) is 89.9 cm³/mol. The van der Waals surface area contributed by atoms with Crippen LogP contribution in [0.1, 0.15) is 49.7 Å². The number of likely N-dealkylation sites (tertiary alicyclic amines) is 1. The van der Waals surface area contributed by atoms with Crippen molar-refractivity contribution in [1.29, 1.82) is 0 Å². The van der Waals surface area contributed by atoms with E-state index in [0.29, 0.717) is 19.0 Å². The zero-order valence-corrected chi connectivity index (χ0v) is 14.1. The van der Waals surface area contributed by atoms with E-state index in [9.17, 15) is 4.79 Å². The first-order valence-corrected chi connectivity index (χ1v) is 8.97. The molecule has 3 rings (SSSR count). The first-order chi connectivity index (χ1) is 11.2. The zero-order chi connectivity index (χ0) is 16.2. The largest absolute Gasteiger partial charge is 0.465 e. The van der Waals surface area contributed by atoms with Gasteiger partial charge in [0.2, 0.25) is 5.91 Å². The van der Waals surface area contributed by atoms with E-state index in [2.05, 4.69) is 10.2 Å². The van der Waals surface area contributed by atoms with E-state index in [-0.39, 0.29) is 17.9 Å². The van der Waals surface area contributed by atoms with Crippen LogP contribution >= 0.6 is 0 Å². The number of aryl methyl sites for hydroxylation is 1. The van der Waals surface area contributed by atoms with Crippen LogP contribution in [0.2, 0.25) is 0 Å². The van der Waals surface area contributed by atoms with Crippen molar-refractivity contribution in [3.05, 3.63) is 23.7 Å². The van der Waals surface area contributed by atoms with Gasteiger partial charge >= 0.3 is 0 Å². The van der Waals surface area contributed by atoms with Crippen LogP contribution in [0.4, 0.5) is 0 Å². The lowest BCUT2D eigenvalue weighted by Crippen LogP contribution is -2.40. The molecule has 3 N–H and O–H groups in total. The Morgan fingerprint density at radius 3 is 2.78 bits per heavy atom. The first kappa shape index (κ1) is 16.5. The summed E-state index contributed by atoms with van der Waals surface area (Å²) in [4.78, 5) is 15.0. The second-order valence-electron chi connectivity index (χ2n) is 6.99. The van der Waals surface area contributed by atoms with Gasteiger partial charge in [0.05, 0.1) is 6.04 Å². The number of nitrogens with one attached hydrogen (secondary N) is 1. The fourth-order valence-electron chi connectivity index (χ4n) is 4.09. The van der Waals surface area contributed by atoms with Crippen molar-refractivity contribution >= 4 is 5.91 Å². The van der Waals surface area contributed by atoms with Gasteiger partial charge in [-0.1, -0.05) is 6.42 Å². The summed E-state index contributed by atoms with van der Waals surface area (Å²) in [5.74, 6) is 2.51. The monoisotopic (exact) mass is 319 g/mol. The first-order valence-electron chi connectivity index (χ1n) is 8.97. The standard InChI is InChI=1S/C18H29N3O2/c1-13-7-8-17(23-13)16(21-9-2-3-10-21)12-20-18(22)15-6-4-5-14(15)11-19/h7-8,14-16H,2-6,9-12,19H2,1H3,(H,20,22)/t14-,15-,16?/m1/s1. The van der Waals surface area contributed by atoms with Crippen molar-refractivity contribution in [3.8, 4) is 0 Å². The van der Waals surface area contributed by atoms with Gasteiger partial charge in [-0.05, 0) is 70.3 Å². The van der Waals surface area contributed by atoms with E-state index >= 15 is 0 Å². The minimum atomic E-state index is 0.0950. The number of amides is 1. The summed E-state index contributed by atoms with van der Waals surface area (Å²) < 4.78 is 5.85. The Bertz CT molecular complexity index is 522. The van der Waals surface area contributed by atoms with Crippen LogP contribution < -0.4 is 11.1 Å². The van der Waals surface area contributed by atoms with Crippen LogP contribution in [0.5, 0.6) is 0 Å². The summed E-state index contributed by atoms with van der Waals surface area (Å²) in [5.41, 5.74) is 5.81. The fourth-order valence-corrected chi connectivity index (χ4v) is 4.09. The van der Waals surface area contributed by atoms with Gasteiger partial charge in [0.15, 0.2) is 0 Å². The maximum Gasteiger partial charge on any atom is 0.223 e. The molecule has 0 spiro atoms. The number of furan rings is 1. The molecular weight excluding hydrogens is 290 g/mol. The van der Waals surface area contributed by atoms with Gasteiger partial charge in [-0.3, -0.25) is 9.69 Å². The molecule has 1 aromatic rings. The summed E-state index contributed by atoms with van der Waals surface area (Å²) in [6.07, 6.45) is 5.63. The Labute approximate surface area is 138 Å². The Balaban J connectivity index is 1.63. The van der Waals surface area contributed by atoms with Gasteiger partial charge < -0.3 is 15.5 Å². The molecule has 2 aliphatic rings. The highest BCUT2D eigenvalue weighted by Crippen LogP contribution is 2.31. The number of nitrogens with two attached hydrogens (primary N) is 1. The molecule has 5 heteroatoms. The quantitative estimate of drug-likeness (QED) is 0.843. The summed E-state index contributed by atoms with van der Waals surface area (Å²) in [6.45, 7) is 5.36. The zero-order valence-electron chi connectivity index (χ0n) is 14.1. The lowest BCUT2D eigenvalue weighted by molar-refractivity contribution is -0.126. The number of carbonyl (C=O) groups excluding carboxylic acids is 1. The van der Waals surface area contributed by atoms with Crippen molar-refractivity contribution in [3.63, 3.8) is 0 Å². The molecule has 1 unspecified atom stereocenters. The third kappa shape index (κ3) is 3.78. The molecule has 2 heterocycles. The fraction of sp³-hybridized carbons (Fsp3) is 0.722. The Hall–Kier alpha value is -1.33. The molecule has 3 atom stereocenters. The molecular formula is C18H29N3O2. The topological polar surface area (TPSA) is 71.5 Å². The molecule has 0 bridgehead atoms. The lowest BCUT2D eigenvalue weighted by Gasteiger charge is -2.27. The van der Waals surface area contributed by atoms with Gasteiger partial charge in [0.25, 0.3) is 0 Å². The van der Waals surface area contributed by atoms with Gasteiger partial charge in [0, 0.05) is 12.5 Å². The van der Waals surface area contributed by atoms with Crippen molar-refractivity contribution in [1.82, 2.24) is 10.2 Å². The molecule has 1 saturated heterocycles. The summed E-state index contributed by atoms with van der Waals surface area (Å²) in [5, 5.41) is 3.18. The van der Waals surface area contributed by atoms with E-state index < -0.39 is 0 Å². The summed E-state index contributed by atoms with van der Waals surface area (Å²) >= 11 is 0. The third-order valence-corrected chi connectivity index (χ3v) is 5.44. The highest BCUT2D eigenvalue weighted by Gasteiger charge is 2.33. The minimum absolute atomic E-state index is 0.0950. The van der Waals surface area contributed by atoms with Crippen molar-refractivity contribution in [2.45, 2.75) is 45.1 Å². The SMILES string of the molecule is Cc1ccc(C(CNC(=O)[C@@H]2CCC[C@@H]2CN)N2CCCC2)o1. The van der Waals surface area contributed by atoms with Gasteiger partial charge in [-0.15, -0.1) is 0 Å². The molecule has 1 saturated carbocycles.